The number of carbonyl (C=O) groups excluding carboxylic acids is 2. The number of carbonyl (C=O) groups is 2. The van der Waals surface area contributed by atoms with E-state index in [-0.39, 0.29) is 30.1 Å². The highest BCUT2D eigenvalue weighted by molar-refractivity contribution is 5.76. The quantitative estimate of drug-likeness (QED) is 0.687. The van der Waals surface area contributed by atoms with Gasteiger partial charge in [-0.15, -0.1) is 0 Å². The standard InChI is InChI=1S/C12H18O4/c1-3-7-5-9(15-11(13)4-2)10-6-8(7)12(14)16-10/h7-10H,3-6H2,1-2H3. The summed E-state index contributed by atoms with van der Waals surface area (Å²) in [6.07, 6.45) is 2.38. The zero-order valence-electron chi connectivity index (χ0n) is 9.77. The molecule has 0 aromatic rings. The van der Waals surface area contributed by atoms with Crippen LogP contribution in [0.3, 0.4) is 0 Å². The van der Waals surface area contributed by atoms with Crippen LogP contribution in [0, 0.1) is 11.8 Å². The second-order valence-electron chi connectivity index (χ2n) is 4.60. The first kappa shape index (κ1) is 11.4. The first-order valence-electron chi connectivity index (χ1n) is 6.05. The van der Waals surface area contributed by atoms with Crippen molar-refractivity contribution < 1.29 is 19.1 Å². The molecule has 0 aromatic heterocycles. The molecule has 16 heavy (non-hydrogen) atoms. The van der Waals surface area contributed by atoms with Crippen molar-refractivity contribution in [3.05, 3.63) is 0 Å². The molecule has 4 unspecified atom stereocenters. The van der Waals surface area contributed by atoms with Crippen molar-refractivity contribution in [2.45, 2.75) is 51.7 Å². The van der Waals surface area contributed by atoms with Gasteiger partial charge in [-0.3, -0.25) is 9.59 Å². The number of ether oxygens (including phenoxy) is 2. The Morgan fingerprint density at radius 3 is 2.81 bits per heavy atom. The van der Waals surface area contributed by atoms with Gasteiger partial charge in [0.1, 0.15) is 12.2 Å². The van der Waals surface area contributed by atoms with Crippen molar-refractivity contribution in [1.29, 1.82) is 0 Å². The molecule has 0 radical (unpaired) electrons. The first-order valence-corrected chi connectivity index (χ1v) is 6.05. The Morgan fingerprint density at radius 1 is 1.44 bits per heavy atom. The molecule has 0 amide bonds. The van der Waals surface area contributed by atoms with Gasteiger partial charge in [0, 0.05) is 12.8 Å². The van der Waals surface area contributed by atoms with Gasteiger partial charge in [-0.1, -0.05) is 20.3 Å². The van der Waals surface area contributed by atoms with Crippen molar-refractivity contribution in [1.82, 2.24) is 0 Å². The van der Waals surface area contributed by atoms with Crippen molar-refractivity contribution in [3.63, 3.8) is 0 Å². The van der Waals surface area contributed by atoms with Crippen LogP contribution in [-0.2, 0) is 19.1 Å². The third-order valence-corrected chi connectivity index (χ3v) is 3.67. The summed E-state index contributed by atoms with van der Waals surface area (Å²) in [7, 11) is 0. The van der Waals surface area contributed by atoms with E-state index in [4.69, 9.17) is 9.47 Å². The fraction of sp³-hybridized carbons (Fsp3) is 0.833. The van der Waals surface area contributed by atoms with Crippen LogP contribution >= 0.6 is 0 Å². The van der Waals surface area contributed by atoms with E-state index in [1.54, 1.807) is 6.92 Å². The van der Waals surface area contributed by atoms with E-state index in [1.807, 2.05) is 0 Å². The minimum absolute atomic E-state index is 0.0339. The molecular formula is C12H18O4. The van der Waals surface area contributed by atoms with Crippen LogP contribution in [-0.4, -0.2) is 24.1 Å². The van der Waals surface area contributed by atoms with E-state index < -0.39 is 0 Å². The summed E-state index contributed by atoms with van der Waals surface area (Å²) in [4.78, 5) is 22.8. The third-order valence-electron chi connectivity index (χ3n) is 3.67. The number of rotatable bonds is 3. The van der Waals surface area contributed by atoms with Gasteiger partial charge in [0.25, 0.3) is 0 Å². The molecule has 4 atom stereocenters. The largest absolute Gasteiger partial charge is 0.458 e. The average Bonchev–Trinajstić information content (AvgIpc) is 2.61. The van der Waals surface area contributed by atoms with Gasteiger partial charge in [0.15, 0.2) is 0 Å². The minimum atomic E-state index is -0.222. The van der Waals surface area contributed by atoms with Gasteiger partial charge >= 0.3 is 11.9 Å². The second kappa shape index (κ2) is 4.44. The predicted molar refractivity (Wildman–Crippen MR) is 56.6 cm³/mol. The van der Waals surface area contributed by atoms with Gasteiger partial charge in [0.05, 0.1) is 5.92 Å². The lowest BCUT2D eigenvalue weighted by Crippen LogP contribution is -2.37. The molecule has 2 bridgehead atoms. The van der Waals surface area contributed by atoms with Crippen molar-refractivity contribution >= 4 is 11.9 Å². The Labute approximate surface area is 95.3 Å². The van der Waals surface area contributed by atoms with Crippen molar-refractivity contribution in [3.8, 4) is 0 Å². The maximum Gasteiger partial charge on any atom is 0.309 e. The number of hydrogen-bond donors (Lipinski definition) is 0. The molecule has 0 spiro atoms. The minimum Gasteiger partial charge on any atom is -0.458 e. The third kappa shape index (κ3) is 1.93. The summed E-state index contributed by atoms with van der Waals surface area (Å²) in [6, 6.07) is 0. The summed E-state index contributed by atoms with van der Waals surface area (Å²) in [6.45, 7) is 3.83. The molecule has 1 saturated carbocycles. The van der Waals surface area contributed by atoms with Crippen molar-refractivity contribution in [2.24, 2.45) is 11.8 Å². The number of hydrogen-bond acceptors (Lipinski definition) is 4. The highest BCUT2D eigenvalue weighted by atomic mass is 16.6. The smallest absolute Gasteiger partial charge is 0.309 e. The molecule has 0 N–H and O–H groups in total. The van der Waals surface area contributed by atoms with E-state index in [2.05, 4.69) is 6.92 Å². The van der Waals surface area contributed by atoms with Gasteiger partial charge in [-0.2, -0.15) is 0 Å². The van der Waals surface area contributed by atoms with E-state index in [1.165, 1.54) is 0 Å². The molecule has 2 aliphatic rings. The fourth-order valence-electron chi connectivity index (χ4n) is 2.69. The van der Waals surface area contributed by atoms with E-state index in [0.29, 0.717) is 12.3 Å². The lowest BCUT2D eigenvalue weighted by molar-refractivity contribution is -0.160. The maximum absolute atomic E-state index is 11.6. The van der Waals surface area contributed by atoms with Crippen LogP contribution in [0.15, 0.2) is 0 Å². The average molecular weight is 226 g/mol. The lowest BCUT2D eigenvalue weighted by atomic mass is 9.77. The summed E-state index contributed by atoms with van der Waals surface area (Å²) < 4.78 is 10.6. The molecule has 90 valence electrons. The topological polar surface area (TPSA) is 52.6 Å². The predicted octanol–water partition coefficient (Wildman–Crippen LogP) is 1.67. The van der Waals surface area contributed by atoms with Gasteiger partial charge < -0.3 is 9.47 Å². The van der Waals surface area contributed by atoms with E-state index in [0.717, 1.165) is 19.3 Å². The van der Waals surface area contributed by atoms with E-state index in [9.17, 15) is 9.59 Å². The Morgan fingerprint density at radius 2 is 2.19 bits per heavy atom. The Hall–Kier alpha value is -1.06. The molecule has 1 saturated heterocycles. The molecule has 4 nitrogen and oxygen atoms in total. The normalized spacial score (nSPS) is 37.0. The molecule has 1 heterocycles. The monoisotopic (exact) mass is 226 g/mol. The van der Waals surface area contributed by atoms with Crippen LogP contribution in [0.25, 0.3) is 0 Å². The van der Waals surface area contributed by atoms with Crippen LogP contribution < -0.4 is 0 Å². The van der Waals surface area contributed by atoms with Gasteiger partial charge in [0.2, 0.25) is 0 Å². The highest BCUT2D eigenvalue weighted by Crippen LogP contribution is 2.41. The van der Waals surface area contributed by atoms with Crippen LogP contribution in [0.4, 0.5) is 0 Å². The zero-order chi connectivity index (χ0) is 11.7. The Bertz CT molecular complexity index is 299. The van der Waals surface area contributed by atoms with Crippen molar-refractivity contribution in [2.75, 3.05) is 0 Å². The summed E-state index contributed by atoms with van der Waals surface area (Å²) in [5.41, 5.74) is 0. The second-order valence-corrected chi connectivity index (χ2v) is 4.60. The first-order chi connectivity index (χ1) is 7.65. The van der Waals surface area contributed by atoms with E-state index >= 15 is 0 Å². The van der Waals surface area contributed by atoms with Crippen LogP contribution in [0.2, 0.25) is 0 Å². The molecule has 1 aliphatic heterocycles. The Kier molecular flexibility index (Phi) is 3.17. The van der Waals surface area contributed by atoms with Gasteiger partial charge in [-0.25, -0.2) is 0 Å². The van der Waals surface area contributed by atoms with Gasteiger partial charge in [-0.05, 0) is 12.3 Å². The zero-order valence-corrected chi connectivity index (χ0v) is 9.77. The van der Waals surface area contributed by atoms with Crippen LogP contribution in [0.5, 0.6) is 0 Å². The maximum atomic E-state index is 11.6. The molecule has 2 rings (SSSR count). The fourth-order valence-corrected chi connectivity index (χ4v) is 2.69. The number of esters is 2. The highest BCUT2D eigenvalue weighted by Gasteiger charge is 2.49. The molecule has 0 aromatic carbocycles. The summed E-state index contributed by atoms with van der Waals surface area (Å²) >= 11 is 0. The summed E-state index contributed by atoms with van der Waals surface area (Å²) in [5, 5.41) is 0. The summed E-state index contributed by atoms with van der Waals surface area (Å²) in [5.74, 6) is 0.0284. The molecule has 1 aliphatic carbocycles. The molecule has 4 heteroatoms. The molecule has 2 fully saturated rings. The molecular weight excluding hydrogens is 208 g/mol. The number of fused-ring (bicyclic) bond motifs is 2. The van der Waals surface area contributed by atoms with Crippen LogP contribution in [0.1, 0.15) is 39.5 Å². The Balaban J connectivity index is 2.05. The SMILES string of the molecule is CCC(=O)OC1CC(CC)C2CC1OC2=O. The lowest BCUT2D eigenvalue weighted by Gasteiger charge is -2.30.